The molecule has 0 heterocycles. The molecule has 0 radical (unpaired) electrons. The molecule has 7 heteroatoms. The van der Waals surface area contributed by atoms with Gasteiger partial charge in [-0.1, -0.05) is 44.2 Å². The Morgan fingerprint density at radius 3 is 2.29 bits per heavy atom. The van der Waals surface area contributed by atoms with Gasteiger partial charge < -0.3 is 10.1 Å². The molecule has 1 aliphatic rings. The zero-order chi connectivity index (χ0) is 22.3. The van der Waals surface area contributed by atoms with Gasteiger partial charge in [-0.2, -0.15) is 0 Å². The SMILES string of the molecule is Cc1ccc(C)c(NS(=O)(=O)c2ccc(OCC(=O)NC3CCCCCCC3)cc2)c1. The van der Waals surface area contributed by atoms with Gasteiger partial charge >= 0.3 is 0 Å². The molecular formula is C24H32N2O4S. The van der Waals surface area contributed by atoms with Crippen molar-refractivity contribution in [2.24, 2.45) is 0 Å². The number of benzene rings is 2. The molecule has 6 nitrogen and oxygen atoms in total. The van der Waals surface area contributed by atoms with Gasteiger partial charge in [-0.15, -0.1) is 0 Å². The monoisotopic (exact) mass is 444 g/mol. The maximum absolute atomic E-state index is 12.7. The summed E-state index contributed by atoms with van der Waals surface area (Å²) in [5.41, 5.74) is 2.39. The maximum atomic E-state index is 12.7. The van der Waals surface area contributed by atoms with E-state index < -0.39 is 10.0 Å². The minimum absolute atomic E-state index is 0.0800. The molecule has 168 valence electrons. The summed E-state index contributed by atoms with van der Waals surface area (Å²) in [5, 5.41) is 3.06. The average molecular weight is 445 g/mol. The van der Waals surface area contributed by atoms with Crippen molar-refractivity contribution in [2.45, 2.75) is 69.7 Å². The summed E-state index contributed by atoms with van der Waals surface area (Å²) in [5.74, 6) is 0.317. The fourth-order valence-corrected chi connectivity index (χ4v) is 4.90. The Hall–Kier alpha value is -2.54. The number of anilines is 1. The van der Waals surface area contributed by atoms with Crippen molar-refractivity contribution in [1.29, 1.82) is 0 Å². The van der Waals surface area contributed by atoms with E-state index in [1.54, 1.807) is 18.2 Å². The van der Waals surface area contributed by atoms with Crippen molar-refractivity contribution in [3.63, 3.8) is 0 Å². The van der Waals surface area contributed by atoms with Gasteiger partial charge in [-0.05, 0) is 68.1 Å². The van der Waals surface area contributed by atoms with Crippen LogP contribution in [0.25, 0.3) is 0 Å². The first kappa shape index (κ1) is 23.1. The normalized spacial score (nSPS) is 15.5. The topological polar surface area (TPSA) is 84.5 Å². The second-order valence-corrected chi connectivity index (χ2v) is 9.98. The van der Waals surface area contributed by atoms with Crippen molar-refractivity contribution >= 4 is 21.6 Å². The lowest BCUT2D eigenvalue weighted by molar-refractivity contribution is -0.123. The van der Waals surface area contributed by atoms with E-state index in [-0.39, 0.29) is 23.5 Å². The van der Waals surface area contributed by atoms with Crippen LogP contribution < -0.4 is 14.8 Å². The van der Waals surface area contributed by atoms with Gasteiger partial charge in [0.1, 0.15) is 5.75 Å². The lowest BCUT2D eigenvalue weighted by Gasteiger charge is -2.21. The molecule has 1 saturated carbocycles. The number of amides is 1. The molecule has 1 aliphatic carbocycles. The first-order valence-electron chi connectivity index (χ1n) is 11.0. The molecule has 2 aromatic carbocycles. The third kappa shape index (κ3) is 6.99. The Bertz CT molecular complexity index is 979. The number of nitrogens with one attached hydrogen (secondary N) is 2. The predicted octanol–water partition coefficient (Wildman–Crippen LogP) is 4.71. The van der Waals surface area contributed by atoms with Crippen molar-refractivity contribution in [2.75, 3.05) is 11.3 Å². The molecule has 31 heavy (non-hydrogen) atoms. The van der Waals surface area contributed by atoms with Crippen molar-refractivity contribution < 1.29 is 17.9 Å². The number of sulfonamides is 1. The zero-order valence-corrected chi connectivity index (χ0v) is 19.1. The highest BCUT2D eigenvalue weighted by Crippen LogP contribution is 2.23. The summed E-state index contributed by atoms with van der Waals surface area (Å²) in [6.07, 6.45) is 8.09. The number of carbonyl (C=O) groups is 1. The van der Waals surface area contributed by atoms with Gasteiger partial charge in [-0.3, -0.25) is 9.52 Å². The Kier molecular flexibility index (Phi) is 7.96. The molecule has 0 bridgehead atoms. The van der Waals surface area contributed by atoms with E-state index in [9.17, 15) is 13.2 Å². The predicted molar refractivity (Wildman–Crippen MR) is 123 cm³/mol. The Morgan fingerprint density at radius 2 is 1.61 bits per heavy atom. The average Bonchev–Trinajstić information content (AvgIpc) is 2.71. The Labute approximate surface area is 185 Å². The maximum Gasteiger partial charge on any atom is 0.261 e. The lowest BCUT2D eigenvalue weighted by Crippen LogP contribution is -2.38. The molecule has 0 aliphatic heterocycles. The Balaban J connectivity index is 1.54. The first-order valence-corrected chi connectivity index (χ1v) is 12.4. The quantitative estimate of drug-likeness (QED) is 0.648. The minimum Gasteiger partial charge on any atom is -0.484 e. The third-order valence-corrected chi connectivity index (χ3v) is 6.99. The number of ether oxygens (including phenoxy) is 1. The van der Waals surface area contributed by atoms with Crippen LogP contribution in [-0.4, -0.2) is 27.0 Å². The molecule has 0 unspecified atom stereocenters. The number of hydrogen-bond acceptors (Lipinski definition) is 4. The van der Waals surface area contributed by atoms with E-state index in [0.717, 1.165) is 36.8 Å². The van der Waals surface area contributed by atoms with Crippen LogP contribution in [0.1, 0.15) is 56.1 Å². The van der Waals surface area contributed by atoms with E-state index in [0.29, 0.717) is 11.4 Å². The molecule has 0 aromatic heterocycles. The number of aryl methyl sites for hydroxylation is 2. The van der Waals surface area contributed by atoms with Crippen LogP contribution in [0, 0.1) is 13.8 Å². The summed E-state index contributed by atoms with van der Waals surface area (Å²) < 4.78 is 33.6. The van der Waals surface area contributed by atoms with E-state index >= 15 is 0 Å². The summed E-state index contributed by atoms with van der Waals surface area (Å²) in [4.78, 5) is 12.4. The van der Waals surface area contributed by atoms with Crippen molar-refractivity contribution in [3.05, 3.63) is 53.6 Å². The largest absolute Gasteiger partial charge is 0.484 e. The van der Waals surface area contributed by atoms with Crippen LogP contribution >= 0.6 is 0 Å². The molecule has 1 amide bonds. The molecular weight excluding hydrogens is 412 g/mol. The molecule has 0 atom stereocenters. The van der Waals surface area contributed by atoms with Crippen molar-refractivity contribution in [3.8, 4) is 5.75 Å². The molecule has 3 rings (SSSR count). The van der Waals surface area contributed by atoms with Crippen LogP contribution in [0.15, 0.2) is 47.4 Å². The highest BCUT2D eigenvalue weighted by atomic mass is 32.2. The van der Waals surface area contributed by atoms with Gasteiger partial charge in [0, 0.05) is 6.04 Å². The van der Waals surface area contributed by atoms with Gasteiger partial charge in [0.25, 0.3) is 15.9 Å². The summed E-state index contributed by atoms with van der Waals surface area (Å²) >= 11 is 0. The Morgan fingerprint density at radius 1 is 0.968 bits per heavy atom. The highest BCUT2D eigenvalue weighted by molar-refractivity contribution is 7.92. The van der Waals surface area contributed by atoms with Gasteiger partial charge in [-0.25, -0.2) is 8.42 Å². The zero-order valence-electron chi connectivity index (χ0n) is 18.3. The summed E-state index contributed by atoms with van der Waals surface area (Å²) in [6.45, 7) is 3.69. The van der Waals surface area contributed by atoms with E-state index in [1.807, 2.05) is 26.0 Å². The third-order valence-electron chi connectivity index (χ3n) is 5.61. The van der Waals surface area contributed by atoms with E-state index in [1.165, 1.54) is 31.4 Å². The highest BCUT2D eigenvalue weighted by Gasteiger charge is 2.17. The number of carbonyl (C=O) groups excluding carboxylic acids is 1. The standard InChI is InChI=1S/C24H32N2O4S/c1-18-10-11-19(2)23(16-18)26-31(28,29)22-14-12-21(13-15-22)30-17-24(27)25-20-8-6-4-3-5-7-9-20/h10-16,20,26H,3-9,17H2,1-2H3,(H,25,27). The summed E-state index contributed by atoms with van der Waals surface area (Å²) in [7, 11) is -3.71. The van der Waals surface area contributed by atoms with E-state index in [4.69, 9.17) is 4.74 Å². The first-order chi connectivity index (χ1) is 14.8. The second kappa shape index (κ2) is 10.7. The van der Waals surface area contributed by atoms with Gasteiger partial charge in [0.15, 0.2) is 6.61 Å². The van der Waals surface area contributed by atoms with Crippen LogP contribution in [0.5, 0.6) is 5.75 Å². The summed E-state index contributed by atoms with van der Waals surface area (Å²) in [6, 6.07) is 11.9. The smallest absolute Gasteiger partial charge is 0.261 e. The van der Waals surface area contributed by atoms with Crippen molar-refractivity contribution in [1.82, 2.24) is 5.32 Å². The molecule has 2 N–H and O–H groups in total. The minimum atomic E-state index is -3.71. The van der Waals surface area contributed by atoms with E-state index in [2.05, 4.69) is 10.0 Å². The molecule has 2 aromatic rings. The molecule has 0 saturated heterocycles. The number of hydrogen-bond donors (Lipinski definition) is 2. The van der Waals surface area contributed by atoms with Gasteiger partial charge in [0.05, 0.1) is 10.6 Å². The van der Waals surface area contributed by atoms with Crippen LogP contribution in [0.4, 0.5) is 5.69 Å². The van der Waals surface area contributed by atoms with Crippen LogP contribution in [0.2, 0.25) is 0 Å². The van der Waals surface area contributed by atoms with Crippen LogP contribution in [-0.2, 0) is 14.8 Å². The fraction of sp³-hybridized carbons (Fsp3) is 0.458. The van der Waals surface area contributed by atoms with Gasteiger partial charge in [0.2, 0.25) is 0 Å². The molecule has 0 spiro atoms. The number of rotatable bonds is 7. The van der Waals surface area contributed by atoms with Crippen LogP contribution in [0.3, 0.4) is 0 Å². The fourth-order valence-electron chi connectivity index (χ4n) is 3.78. The second-order valence-electron chi connectivity index (χ2n) is 8.29. The lowest BCUT2D eigenvalue weighted by atomic mass is 9.97. The molecule has 1 fully saturated rings.